The Morgan fingerprint density at radius 2 is 1.78 bits per heavy atom. The van der Waals surface area contributed by atoms with Gasteiger partial charge >= 0.3 is 0 Å². The van der Waals surface area contributed by atoms with Crippen molar-refractivity contribution in [2.75, 3.05) is 4.90 Å². The average molecular weight is 399 g/mol. The smallest absolute Gasteiger partial charge is 0.259 e. The number of halogens is 2. The first-order valence-electron chi connectivity index (χ1n) is 9.15. The summed E-state index contributed by atoms with van der Waals surface area (Å²) >= 11 is 12.5. The lowest BCUT2D eigenvalue weighted by Crippen LogP contribution is -2.35. The molecule has 1 unspecified atom stereocenters. The van der Waals surface area contributed by atoms with Crippen LogP contribution in [0, 0.1) is 6.92 Å². The maximum Gasteiger partial charge on any atom is 0.259 e. The lowest BCUT2D eigenvalue weighted by atomic mass is 9.98. The summed E-state index contributed by atoms with van der Waals surface area (Å²) < 4.78 is 0. The lowest BCUT2D eigenvalue weighted by Gasteiger charge is -2.25. The molecule has 1 aliphatic heterocycles. The Kier molecular flexibility index (Phi) is 4.61. The Morgan fingerprint density at radius 1 is 1.07 bits per heavy atom. The maximum atomic E-state index is 13.1. The third-order valence-electron chi connectivity index (χ3n) is 5.15. The molecule has 2 aromatic carbocycles. The number of carbonyl (C=O) groups is 1. The quantitative estimate of drug-likeness (QED) is 0.491. The van der Waals surface area contributed by atoms with E-state index in [0.29, 0.717) is 15.6 Å². The van der Waals surface area contributed by atoms with E-state index in [9.17, 15) is 4.79 Å². The van der Waals surface area contributed by atoms with E-state index < -0.39 is 0 Å². The number of aryl methyl sites for hydroxylation is 1. The van der Waals surface area contributed by atoms with Crippen LogP contribution in [0.3, 0.4) is 0 Å². The van der Waals surface area contributed by atoms with Crippen molar-refractivity contribution in [2.24, 2.45) is 0 Å². The molecular formula is C22H20Cl2N2O. The second kappa shape index (κ2) is 6.81. The number of rotatable bonds is 4. The second-order valence-corrected chi connectivity index (χ2v) is 7.95. The average Bonchev–Trinajstić information content (AvgIpc) is 2.89. The summed E-state index contributed by atoms with van der Waals surface area (Å²) in [5.41, 5.74) is 5.13. The van der Waals surface area contributed by atoms with Crippen molar-refractivity contribution >= 4 is 45.7 Å². The summed E-state index contributed by atoms with van der Waals surface area (Å²) in [5.74, 6) is 0.0529. The zero-order valence-electron chi connectivity index (χ0n) is 15.5. The van der Waals surface area contributed by atoms with E-state index in [4.69, 9.17) is 28.2 Å². The van der Waals surface area contributed by atoms with Gasteiger partial charge < -0.3 is 4.90 Å². The van der Waals surface area contributed by atoms with Gasteiger partial charge in [0.05, 0.1) is 16.8 Å². The molecule has 0 aliphatic carbocycles. The Balaban J connectivity index is 2.00. The largest absolute Gasteiger partial charge is 0.305 e. The highest BCUT2D eigenvalue weighted by Gasteiger charge is 2.34. The molecule has 1 aromatic heterocycles. The minimum atomic E-state index is 0.0529. The van der Waals surface area contributed by atoms with Crippen molar-refractivity contribution in [3.8, 4) is 11.1 Å². The number of pyridine rings is 1. The van der Waals surface area contributed by atoms with Crippen LogP contribution in [0.5, 0.6) is 0 Å². The summed E-state index contributed by atoms with van der Waals surface area (Å²) in [4.78, 5) is 19.8. The Labute approximate surface area is 168 Å². The van der Waals surface area contributed by atoms with Crippen LogP contribution < -0.4 is 4.90 Å². The molecule has 3 aromatic rings. The predicted octanol–water partition coefficient (Wildman–Crippen LogP) is 6.67. The number of benzene rings is 2. The van der Waals surface area contributed by atoms with Gasteiger partial charge in [0.15, 0.2) is 0 Å². The number of carbonyl (C=O) groups excluding carboxylic acids is 1. The van der Waals surface area contributed by atoms with E-state index in [1.54, 1.807) is 6.07 Å². The zero-order valence-corrected chi connectivity index (χ0v) is 17.0. The molecule has 0 N–H and O–H groups in total. The van der Waals surface area contributed by atoms with E-state index in [1.807, 2.05) is 42.2 Å². The normalized spacial score (nSPS) is 14.3. The fraction of sp³-hybridized carbons (Fsp3) is 0.273. The third-order valence-corrected chi connectivity index (χ3v) is 5.69. The molecule has 0 bridgehead atoms. The van der Waals surface area contributed by atoms with Crippen LogP contribution in [-0.4, -0.2) is 16.9 Å². The maximum absolute atomic E-state index is 13.1. The second-order valence-electron chi connectivity index (χ2n) is 7.10. The summed E-state index contributed by atoms with van der Waals surface area (Å²) in [6.07, 6.45) is 1.98. The van der Waals surface area contributed by atoms with Crippen LogP contribution in [0.2, 0.25) is 10.0 Å². The van der Waals surface area contributed by atoms with Crippen LogP contribution in [-0.2, 0) is 0 Å². The summed E-state index contributed by atoms with van der Waals surface area (Å²) in [6, 6.07) is 11.4. The number of amides is 1. The van der Waals surface area contributed by atoms with Crippen LogP contribution in [0.1, 0.15) is 42.7 Å². The SMILES string of the molecule is CCCC(C)N1C(=O)c2ccc(-c3ccc(Cl)cc3Cl)c3nc(C)cc1c23. The van der Waals surface area contributed by atoms with Gasteiger partial charge in [-0.2, -0.15) is 0 Å². The molecule has 2 heterocycles. The summed E-state index contributed by atoms with van der Waals surface area (Å²) in [6.45, 7) is 6.20. The molecule has 1 amide bonds. The summed E-state index contributed by atoms with van der Waals surface area (Å²) in [5, 5.41) is 2.08. The van der Waals surface area contributed by atoms with Gasteiger partial charge in [0.1, 0.15) is 0 Å². The number of hydrogen-bond donors (Lipinski definition) is 0. The predicted molar refractivity (Wildman–Crippen MR) is 113 cm³/mol. The molecule has 5 heteroatoms. The molecule has 0 saturated heterocycles. The van der Waals surface area contributed by atoms with E-state index >= 15 is 0 Å². The van der Waals surface area contributed by atoms with Crippen LogP contribution >= 0.6 is 23.2 Å². The molecule has 1 atom stereocenters. The molecule has 27 heavy (non-hydrogen) atoms. The van der Waals surface area contributed by atoms with Crippen molar-refractivity contribution in [2.45, 2.75) is 39.7 Å². The minimum absolute atomic E-state index is 0.0529. The number of nitrogens with zero attached hydrogens (tertiary/aromatic N) is 2. The van der Waals surface area contributed by atoms with Gasteiger partial charge in [0.2, 0.25) is 0 Å². The molecule has 138 valence electrons. The topological polar surface area (TPSA) is 33.2 Å². The highest BCUT2D eigenvalue weighted by Crippen LogP contribution is 2.43. The highest BCUT2D eigenvalue weighted by molar-refractivity contribution is 6.37. The van der Waals surface area contributed by atoms with Crippen molar-refractivity contribution in [1.82, 2.24) is 4.98 Å². The number of hydrogen-bond acceptors (Lipinski definition) is 2. The van der Waals surface area contributed by atoms with Crippen LogP contribution in [0.15, 0.2) is 36.4 Å². The van der Waals surface area contributed by atoms with Gasteiger partial charge in [0.25, 0.3) is 5.91 Å². The van der Waals surface area contributed by atoms with Crippen LogP contribution in [0.4, 0.5) is 5.69 Å². The molecule has 0 fully saturated rings. The van der Waals surface area contributed by atoms with Crippen molar-refractivity contribution in [3.05, 3.63) is 57.7 Å². The fourth-order valence-electron chi connectivity index (χ4n) is 3.96. The van der Waals surface area contributed by atoms with Crippen molar-refractivity contribution in [3.63, 3.8) is 0 Å². The molecule has 1 aliphatic rings. The Hall–Kier alpha value is -2.10. The van der Waals surface area contributed by atoms with Gasteiger partial charge in [-0.1, -0.05) is 48.7 Å². The first kappa shape index (κ1) is 18.3. The van der Waals surface area contributed by atoms with Crippen LogP contribution in [0.25, 0.3) is 22.0 Å². The van der Waals surface area contributed by atoms with E-state index in [2.05, 4.69) is 13.8 Å². The molecule has 0 radical (unpaired) electrons. The van der Waals surface area contributed by atoms with Crippen molar-refractivity contribution in [1.29, 1.82) is 0 Å². The van der Waals surface area contributed by atoms with Gasteiger partial charge in [0, 0.05) is 38.3 Å². The summed E-state index contributed by atoms with van der Waals surface area (Å²) in [7, 11) is 0. The van der Waals surface area contributed by atoms with Crippen molar-refractivity contribution < 1.29 is 4.79 Å². The highest BCUT2D eigenvalue weighted by atomic mass is 35.5. The minimum Gasteiger partial charge on any atom is -0.305 e. The number of anilines is 1. The Bertz CT molecular complexity index is 1080. The van der Waals surface area contributed by atoms with Gasteiger partial charge in [-0.25, -0.2) is 0 Å². The zero-order chi connectivity index (χ0) is 19.3. The number of aromatic nitrogens is 1. The lowest BCUT2D eigenvalue weighted by molar-refractivity contribution is 0.0984. The fourth-order valence-corrected chi connectivity index (χ4v) is 4.47. The third kappa shape index (κ3) is 2.90. The van der Waals surface area contributed by atoms with E-state index in [0.717, 1.165) is 46.3 Å². The first-order valence-corrected chi connectivity index (χ1v) is 9.91. The van der Waals surface area contributed by atoms with Gasteiger partial charge in [-0.3, -0.25) is 9.78 Å². The van der Waals surface area contributed by atoms with E-state index in [1.165, 1.54) is 0 Å². The molecule has 0 saturated carbocycles. The monoisotopic (exact) mass is 398 g/mol. The molecular weight excluding hydrogens is 379 g/mol. The first-order chi connectivity index (χ1) is 12.9. The standard InChI is InChI=1S/C22H20Cl2N2O/c1-4-5-13(3)26-19-10-12(2)25-21-16(8-9-17(20(19)21)22(26)27)15-7-6-14(23)11-18(15)24/h6-11,13H,4-5H2,1-3H3. The molecule has 0 spiro atoms. The Morgan fingerprint density at radius 3 is 2.48 bits per heavy atom. The van der Waals surface area contributed by atoms with E-state index in [-0.39, 0.29) is 11.9 Å². The molecule has 3 nitrogen and oxygen atoms in total. The molecule has 4 rings (SSSR count). The van der Waals surface area contributed by atoms with Gasteiger partial charge in [-0.15, -0.1) is 0 Å². The van der Waals surface area contributed by atoms with Gasteiger partial charge in [-0.05, 0) is 44.5 Å².